The van der Waals surface area contributed by atoms with Gasteiger partial charge in [0.05, 0.1) is 11.9 Å². The molecule has 24 heavy (non-hydrogen) atoms. The van der Waals surface area contributed by atoms with Crippen molar-refractivity contribution in [3.63, 3.8) is 0 Å². The van der Waals surface area contributed by atoms with E-state index in [0.717, 1.165) is 11.3 Å². The summed E-state index contributed by atoms with van der Waals surface area (Å²) in [6, 6.07) is 8.99. The van der Waals surface area contributed by atoms with Gasteiger partial charge in [0.25, 0.3) is 5.91 Å². The fraction of sp³-hybridized carbons (Fsp3) is 0.353. The van der Waals surface area contributed by atoms with Gasteiger partial charge in [-0.3, -0.25) is 14.7 Å². The van der Waals surface area contributed by atoms with Crippen LogP contribution in [-0.4, -0.2) is 27.1 Å². The first-order valence-electron chi connectivity index (χ1n) is 7.77. The van der Waals surface area contributed by atoms with E-state index >= 15 is 0 Å². The Morgan fingerprint density at radius 2 is 2.12 bits per heavy atom. The average molecular weight is 329 g/mol. The number of nitrogens with zero attached hydrogens (tertiary/aromatic N) is 3. The molecular weight excluding hydrogens is 306 g/mol. The van der Waals surface area contributed by atoms with Crippen LogP contribution < -0.4 is 10.9 Å². The third-order valence-corrected chi connectivity index (χ3v) is 3.50. The Balaban J connectivity index is 2.24. The van der Waals surface area contributed by atoms with Gasteiger partial charge in [-0.25, -0.2) is 0 Å². The molecule has 0 bridgehead atoms. The molecule has 0 spiro atoms. The van der Waals surface area contributed by atoms with Crippen molar-refractivity contribution >= 4 is 17.8 Å². The Hall–Kier alpha value is -2.67. The van der Waals surface area contributed by atoms with E-state index in [9.17, 15) is 4.79 Å². The second-order valence-corrected chi connectivity index (χ2v) is 6.42. The summed E-state index contributed by atoms with van der Waals surface area (Å²) in [6.45, 7) is 8.77. The maximum Gasteiger partial charge on any atom is 0.273 e. The van der Waals surface area contributed by atoms with Crippen LogP contribution in [-0.2, 0) is 12.0 Å². The highest BCUT2D eigenvalue weighted by Gasteiger charge is 2.22. The summed E-state index contributed by atoms with van der Waals surface area (Å²) in [4.78, 5) is 12.6. The first-order valence-corrected chi connectivity index (χ1v) is 7.77. The van der Waals surface area contributed by atoms with E-state index in [4.69, 9.17) is 5.21 Å². The van der Waals surface area contributed by atoms with Crippen LogP contribution in [0.4, 0.5) is 5.69 Å². The number of nitrogens with one attached hydrogen (secondary N) is 2. The number of carbonyl (C=O) groups excluding carboxylic acids is 1. The van der Waals surface area contributed by atoms with Gasteiger partial charge in [0.15, 0.2) is 0 Å². The van der Waals surface area contributed by atoms with Crippen LogP contribution in [0.1, 0.15) is 49.4 Å². The summed E-state index contributed by atoms with van der Waals surface area (Å²) in [5.41, 5.74) is 4.37. The van der Waals surface area contributed by atoms with Crippen molar-refractivity contribution in [3.8, 4) is 0 Å². The summed E-state index contributed by atoms with van der Waals surface area (Å²) in [6.07, 6.45) is 1.45. The zero-order chi connectivity index (χ0) is 17.7. The second kappa shape index (κ2) is 7.27. The van der Waals surface area contributed by atoms with E-state index in [1.54, 1.807) is 28.5 Å². The van der Waals surface area contributed by atoms with Crippen molar-refractivity contribution in [2.75, 3.05) is 5.32 Å². The van der Waals surface area contributed by atoms with Crippen molar-refractivity contribution in [3.05, 3.63) is 47.3 Å². The van der Waals surface area contributed by atoms with Gasteiger partial charge in [-0.15, -0.1) is 0 Å². The molecule has 0 aliphatic carbocycles. The molecule has 3 N–H and O–H groups in total. The van der Waals surface area contributed by atoms with Crippen molar-refractivity contribution in [2.24, 2.45) is 5.10 Å². The Labute approximate surface area is 141 Å². The normalized spacial score (nSPS) is 11.7. The largest absolute Gasteiger partial charge is 0.321 e. The minimum atomic E-state index is -0.214. The molecule has 1 heterocycles. The van der Waals surface area contributed by atoms with E-state index in [1.165, 1.54) is 6.21 Å². The number of aromatic nitrogens is 2. The quantitative estimate of drug-likeness (QED) is 0.581. The Morgan fingerprint density at radius 3 is 2.75 bits per heavy atom. The highest BCUT2D eigenvalue weighted by Crippen LogP contribution is 2.22. The molecule has 7 nitrogen and oxygen atoms in total. The van der Waals surface area contributed by atoms with Gasteiger partial charge in [-0.05, 0) is 30.7 Å². The number of amides is 1. The first kappa shape index (κ1) is 17.7. The van der Waals surface area contributed by atoms with E-state index in [1.807, 2.05) is 19.1 Å². The van der Waals surface area contributed by atoms with Gasteiger partial charge in [0, 0.05) is 17.6 Å². The number of benzene rings is 1. The Kier molecular flexibility index (Phi) is 5.35. The molecule has 0 aliphatic rings. The van der Waals surface area contributed by atoms with Crippen molar-refractivity contribution < 1.29 is 10.0 Å². The van der Waals surface area contributed by atoms with Crippen molar-refractivity contribution in [1.82, 2.24) is 15.4 Å². The number of hydrogen-bond donors (Lipinski definition) is 3. The van der Waals surface area contributed by atoms with Crippen LogP contribution in [0.2, 0.25) is 0 Å². The summed E-state index contributed by atoms with van der Waals surface area (Å²) < 4.78 is 1.71. The fourth-order valence-corrected chi connectivity index (χ4v) is 2.20. The van der Waals surface area contributed by atoms with E-state index in [-0.39, 0.29) is 11.3 Å². The van der Waals surface area contributed by atoms with Crippen LogP contribution in [0.25, 0.3) is 0 Å². The summed E-state index contributed by atoms with van der Waals surface area (Å²) >= 11 is 0. The molecule has 128 valence electrons. The lowest BCUT2D eigenvalue weighted by Crippen LogP contribution is -2.17. The molecule has 2 rings (SSSR count). The minimum Gasteiger partial charge on any atom is -0.321 e. The van der Waals surface area contributed by atoms with Gasteiger partial charge in [0.1, 0.15) is 5.69 Å². The summed E-state index contributed by atoms with van der Waals surface area (Å²) in [7, 11) is 0. The number of anilines is 1. The number of carbonyl (C=O) groups is 1. The molecule has 0 saturated heterocycles. The molecule has 0 fully saturated rings. The number of hydrogen-bond acceptors (Lipinski definition) is 5. The summed E-state index contributed by atoms with van der Waals surface area (Å²) in [5, 5.41) is 19.4. The van der Waals surface area contributed by atoms with E-state index in [0.29, 0.717) is 17.9 Å². The minimum absolute atomic E-state index is 0.122. The van der Waals surface area contributed by atoms with E-state index < -0.39 is 0 Å². The number of rotatable bonds is 5. The lowest BCUT2D eigenvalue weighted by Gasteiger charge is -2.13. The lowest BCUT2D eigenvalue weighted by atomic mass is 9.92. The summed E-state index contributed by atoms with van der Waals surface area (Å²) in [5.74, 6) is -0.214. The fourth-order valence-electron chi connectivity index (χ4n) is 2.20. The van der Waals surface area contributed by atoms with Crippen molar-refractivity contribution in [2.45, 2.75) is 39.7 Å². The average Bonchev–Trinajstić information content (AvgIpc) is 2.98. The topological polar surface area (TPSA) is 91.5 Å². The highest BCUT2D eigenvalue weighted by molar-refractivity contribution is 6.03. The molecule has 1 amide bonds. The maximum atomic E-state index is 12.6. The molecule has 0 aliphatic heterocycles. The molecule has 1 aromatic heterocycles. The molecule has 2 aromatic rings. The van der Waals surface area contributed by atoms with Crippen LogP contribution in [0.3, 0.4) is 0 Å². The van der Waals surface area contributed by atoms with Crippen LogP contribution >= 0.6 is 0 Å². The van der Waals surface area contributed by atoms with E-state index in [2.05, 4.69) is 36.3 Å². The van der Waals surface area contributed by atoms with Gasteiger partial charge in [0.2, 0.25) is 0 Å². The smallest absolute Gasteiger partial charge is 0.273 e. The zero-order valence-electron chi connectivity index (χ0n) is 14.4. The van der Waals surface area contributed by atoms with Gasteiger partial charge >= 0.3 is 0 Å². The monoisotopic (exact) mass is 329 g/mol. The lowest BCUT2D eigenvalue weighted by molar-refractivity contribution is 0.101. The molecule has 1 aromatic carbocycles. The Morgan fingerprint density at radius 1 is 1.38 bits per heavy atom. The molecule has 7 heteroatoms. The standard InChI is InChI=1S/C17H23N5O2/c1-5-22-14(10-15(20-22)17(2,3)4)16(23)19-13-8-6-7-12(9-13)11-18-21-24/h6-11,21,24H,5H2,1-4H3,(H,19,23). The van der Waals surface area contributed by atoms with Crippen LogP contribution in [0, 0.1) is 0 Å². The molecule has 0 radical (unpaired) electrons. The van der Waals surface area contributed by atoms with Gasteiger partial charge < -0.3 is 5.32 Å². The molecule has 0 unspecified atom stereocenters. The molecule has 0 atom stereocenters. The number of hydrazone groups is 1. The predicted molar refractivity (Wildman–Crippen MR) is 93.5 cm³/mol. The number of aryl methyl sites for hydroxylation is 1. The van der Waals surface area contributed by atoms with Crippen LogP contribution in [0.5, 0.6) is 0 Å². The highest BCUT2D eigenvalue weighted by atomic mass is 16.5. The van der Waals surface area contributed by atoms with Gasteiger partial charge in [-0.2, -0.15) is 15.8 Å². The van der Waals surface area contributed by atoms with Gasteiger partial charge in [-0.1, -0.05) is 32.9 Å². The third-order valence-electron chi connectivity index (χ3n) is 3.50. The zero-order valence-corrected chi connectivity index (χ0v) is 14.4. The van der Waals surface area contributed by atoms with Crippen LogP contribution in [0.15, 0.2) is 35.4 Å². The molecular formula is C17H23N5O2. The van der Waals surface area contributed by atoms with Crippen molar-refractivity contribution in [1.29, 1.82) is 0 Å². The second-order valence-electron chi connectivity index (χ2n) is 6.42. The maximum absolute atomic E-state index is 12.6. The SMILES string of the molecule is CCn1nc(C(C)(C)C)cc1C(=O)Nc1cccc(C=NNO)c1. The molecule has 0 saturated carbocycles. The predicted octanol–water partition coefficient (Wildman–Crippen LogP) is 2.77. The third kappa shape index (κ3) is 4.20. The first-order chi connectivity index (χ1) is 11.3. The Bertz CT molecular complexity index is 744.